The van der Waals surface area contributed by atoms with Gasteiger partial charge in [0.15, 0.2) is 0 Å². The van der Waals surface area contributed by atoms with Crippen LogP contribution < -0.4 is 10.1 Å². The predicted molar refractivity (Wildman–Crippen MR) is 66.7 cm³/mol. The third-order valence-electron chi connectivity index (χ3n) is 1.86. The first-order valence-electron chi connectivity index (χ1n) is 5.55. The van der Waals surface area contributed by atoms with Crippen LogP contribution in [-0.2, 0) is 11.3 Å². The summed E-state index contributed by atoms with van der Waals surface area (Å²) in [6.07, 6.45) is 0. The van der Waals surface area contributed by atoms with Gasteiger partial charge in [-0.3, -0.25) is 4.79 Å². The normalized spacial score (nSPS) is 9.00. The van der Waals surface area contributed by atoms with Crippen molar-refractivity contribution in [3.8, 4) is 5.75 Å². The molecular formula is C13H21NO2. The lowest BCUT2D eigenvalue weighted by Crippen LogP contribution is -2.20. The highest BCUT2D eigenvalue weighted by atomic mass is 16.5. The zero-order valence-electron chi connectivity index (χ0n) is 10.5. The van der Waals surface area contributed by atoms with E-state index in [9.17, 15) is 4.79 Å². The molecule has 0 saturated carbocycles. The molecule has 0 aliphatic carbocycles. The molecule has 0 unspecified atom stereocenters. The van der Waals surface area contributed by atoms with Gasteiger partial charge in [-0.15, -0.1) is 0 Å². The molecule has 3 heteroatoms. The molecular weight excluding hydrogens is 202 g/mol. The van der Waals surface area contributed by atoms with Crippen molar-refractivity contribution in [2.45, 2.75) is 27.3 Å². The summed E-state index contributed by atoms with van der Waals surface area (Å²) in [6.45, 7) is 6.70. The maximum atomic E-state index is 10.7. The second kappa shape index (κ2) is 8.92. The molecule has 0 fully saturated rings. The van der Waals surface area contributed by atoms with Gasteiger partial charge in [0.25, 0.3) is 0 Å². The minimum absolute atomic E-state index is 0.151. The zero-order chi connectivity index (χ0) is 12.4. The fourth-order valence-corrected chi connectivity index (χ4v) is 1.13. The minimum Gasteiger partial charge on any atom is -0.497 e. The maximum Gasteiger partial charge on any atom is 0.143 e. The Kier molecular flexibility index (Phi) is 8.17. The highest BCUT2D eigenvalue weighted by molar-refractivity contribution is 5.77. The van der Waals surface area contributed by atoms with Crippen molar-refractivity contribution >= 4 is 5.78 Å². The number of hydrogen-bond donors (Lipinski definition) is 1. The van der Waals surface area contributed by atoms with Crippen LogP contribution in [0.3, 0.4) is 0 Å². The summed E-state index contributed by atoms with van der Waals surface area (Å²) in [5, 5.41) is 3.05. The van der Waals surface area contributed by atoms with Crippen LogP contribution in [0.1, 0.15) is 26.3 Å². The van der Waals surface area contributed by atoms with Crippen LogP contribution in [0.5, 0.6) is 5.75 Å². The largest absolute Gasteiger partial charge is 0.497 e. The molecule has 3 nitrogen and oxygen atoms in total. The number of ketones is 1. The Bertz CT molecular complexity index is 293. The second-order valence-corrected chi connectivity index (χ2v) is 3.15. The third-order valence-corrected chi connectivity index (χ3v) is 1.86. The highest BCUT2D eigenvalue weighted by Gasteiger charge is 1.95. The molecule has 0 radical (unpaired) electrons. The van der Waals surface area contributed by atoms with E-state index in [1.165, 1.54) is 0 Å². The van der Waals surface area contributed by atoms with Crippen LogP contribution in [0, 0.1) is 0 Å². The Morgan fingerprint density at radius 3 is 2.25 bits per heavy atom. The van der Waals surface area contributed by atoms with Crippen molar-refractivity contribution in [2.24, 2.45) is 0 Å². The van der Waals surface area contributed by atoms with Crippen LogP contribution in [-0.4, -0.2) is 19.4 Å². The molecule has 0 bridgehead atoms. The van der Waals surface area contributed by atoms with E-state index in [-0.39, 0.29) is 5.78 Å². The van der Waals surface area contributed by atoms with Gasteiger partial charge in [-0.25, -0.2) is 0 Å². The predicted octanol–water partition coefficient (Wildman–Crippen LogP) is 2.40. The quantitative estimate of drug-likeness (QED) is 0.833. The maximum absolute atomic E-state index is 10.7. The van der Waals surface area contributed by atoms with Crippen molar-refractivity contribution in [3.63, 3.8) is 0 Å². The van der Waals surface area contributed by atoms with Crippen LogP contribution in [0.2, 0.25) is 0 Å². The summed E-state index contributed by atoms with van der Waals surface area (Å²) >= 11 is 0. The third kappa shape index (κ3) is 6.19. The molecule has 0 atom stereocenters. The zero-order valence-corrected chi connectivity index (χ0v) is 10.5. The van der Waals surface area contributed by atoms with Gasteiger partial charge in [0.2, 0.25) is 0 Å². The molecule has 0 heterocycles. The monoisotopic (exact) mass is 223 g/mol. The van der Waals surface area contributed by atoms with Crippen LogP contribution >= 0.6 is 0 Å². The average molecular weight is 223 g/mol. The van der Waals surface area contributed by atoms with E-state index < -0.39 is 0 Å². The second-order valence-electron chi connectivity index (χ2n) is 3.15. The lowest BCUT2D eigenvalue weighted by molar-refractivity contribution is -0.116. The van der Waals surface area contributed by atoms with Crippen LogP contribution in [0.25, 0.3) is 0 Å². The number of rotatable bonds is 5. The fraction of sp³-hybridized carbons (Fsp3) is 0.462. The summed E-state index contributed by atoms with van der Waals surface area (Å²) in [4.78, 5) is 10.7. The summed E-state index contributed by atoms with van der Waals surface area (Å²) in [6, 6.07) is 7.77. The van der Waals surface area contributed by atoms with Gasteiger partial charge in [-0.1, -0.05) is 26.0 Å². The number of benzene rings is 1. The Hall–Kier alpha value is -1.35. The van der Waals surface area contributed by atoms with E-state index in [4.69, 9.17) is 4.74 Å². The average Bonchev–Trinajstić information content (AvgIpc) is 2.32. The first kappa shape index (κ1) is 14.6. The van der Waals surface area contributed by atoms with Crippen molar-refractivity contribution in [1.29, 1.82) is 0 Å². The molecule has 90 valence electrons. The SMILES string of the molecule is CC.COc1ccc(CNCC(C)=O)cc1. The Morgan fingerprint density at radius 1 is 1.25 bits per heavy atom. The van der Waals surface area contributed by atoms with Gasteiger partial charge in [-0.05, 0) is 24.6 Å². The Morgan fingerprint density at radius 2 is 1.81 bits per heavy atom. The summed E-state index contributed by atoms with van der Waals surface area (Å²) in [5.74, 6) is 0.999. The number of hydrogen-bond acceptors (Lipinski definition) is 3. The Balaban J connectivity index is 0.00000106. The number of methoxy groups -OCH3 is 1. The lowest BCUT2D eigenvalue weighted by atomic mass is 10.2. The van der Waals surface area contributed by atoms with E-state index in [2.05, 4.69) is 5.32 Å². The topological polar surface area (TPSA) is 38.3 Å². The van der Waals surface area contributed by atoms with Gasteiger partial charge in [0, 0.05) is 6.54 Å². The van der Waals surface area contributed by atoms with E-state index in [1.807, 2.05) is 38.1 Å². The van der Waals surface area contributed by atoms with E-state index >= 15 is 0 Å². The fourth-order valence-electron chi connectivity index (χ4n) is 1.13. The molecule has 16 heavy (non-hydrogen) atoms. The summed E-state index contributed by atoms with van der Waals surface area (Å²) in [5.41, 5.74) is 1.15. The van der Waals surface area contributed by atoms with E-state index in [0.29, 0.717) is 13.1 Å². The van der Waals surface area contributed by atoms with Crippen molar-refractivity contribution in [3.05, 3.63) is 29.8 Å². The molecule has 0 aliphatic rings. The standard InChI is InChI=1S/C11H15NO2.C2H6/c1-9(13)7-12-8-10-3-5-11(14-2)6-4-10;1-2/h3-6,12H,7-8H2,1-2H3;1-2H3. The van der Waals surface area contributed by atoms with Crippen molar-refractivity contribution in [1.82, 2.24) is 5.32 Å². The highest BCUT2D eigenvalue weighted by Crippen LogP contribution is 2.10. The van der Waals surface area contributed by atoms with E-state index in [0.717, 1.165) is 11.3 Å². The van der Waals surface area contributed by atoms with Gasteiger partial charge >= 0.3 is 0 Å². The molecule has 0 aliphatic heterocycles. The lowest BCUT2D eigenvalue weighted by Gasteiger charge is -2.04. The van der Waals surface area contributed by atoms with Gasteiger partial charge < -0.3 is 10.1 Å². The molecule has 1 rings (SSSR count). The number of ether oxygens (including phenoxy) is 1. The molecule has 1 aromatic rings. The summed E-state index contributed by atoms with van der Waals surface area (Å²) in [7, 11) is 1.64. The van der Waals surface area contributed by atoms with Crippen molar-refractivity contribution in [2.75, 3.05) is 13.7 Å². The van der Waals surface area contributed by atoms with Crippen LogP contribution in [0.15, 0.2) is 24.3 Å². The van der Waals surface area contributed by atoms with Gasteiger partial charge in [0.05, 0.1) is 13.7 Å². The molecule has 0 saturated heterocycles. The number of Topliss-reactive ketones (excluding diaryl/α,β-unsaturated/α-hetero) is 1. The number of carbonyl (C=O) groups excluding carboxylic acids is 1. The van der Waals surface area contributed by atoms with Crippen LogP contribution in [0.4, 0.5) is 0 Å². The molecule has 1 N–H and O–H groups in total. The first-order valence-corrected chi connectivity index (χ1v) is 5.55. The molecule has 0 aromatic heterocycles. The van der Waals surface area contributed by atoms with Gasteiger partial charge in [-0.2, -0.15) is 0 Å². The summed E-state index contributed by atoms with van der Waals surface area (Å²) < 4.78 is 5.04. The molecule has 1 aromatic carbocycles. The van der Waals surface area contributed by atoms with Gasteiger partial charge in [0.1, 0.15) is 11.5 Å². The van der Waals surface area contributed by atoms with Crippen molar-refractivity contribution < 1.29 is 9.53 Å². The molecule has 0 amide bonds. The smallest absolute Gasteiger partial charge is 0.143 e. The minimum atomic E-state index is 0.151. The number of carbonyl (C=O) groups is 1. The van der Waals surface area contributed by atoms with E-state index in [1.54, 1.807) is 14.0 Å². The number of nitrogens with one attached hydrogen (secondary N) is 1. The molecule has 0 spiro atoms. The Labute approximate surface area is 97.8 Å². The first-order chi connectivity index (χ1) is 7.72.